The van der Waals surface area contributed by atoms with Crippen molar-refractivity contribution in [1.82, 2.24) is 15.5 Å². The van der Waals surface area contributed by atoms with Crippen LogP contribution in [-0.2, 0) is 20.7 Å². The molecular weight excluding hydrogens is 478 g/mol. The molecule has 2 N–H and O–H groups in total. The summed E-state index contributed by atoms with van der Waals surface area (Å²) in [6, 6.07) is 15.8. The van der Waals surface area contributed by atoms with E-state index in [0.29, 0.717) is 43.3 Å². The molecule has 0 aliphatic carbocycles. The molecule has 1 aliphatic heterocycles. The van der Waals surface area contributed by atoms with Gasteiger partial charge in [0.2, 0.25) is 5.91 Å². The Bertz CT molecular complexity index is 1060. The predicted octanol–water partition coefficient (Wildman–Crippen LogP) is 3.10. The SMILES string of the molecule is CC(C)CCOc1ccccc1C(=O)NC(=S)N1CCNC(=O)C1CC(=O)OCCc1ccccc1. The van der Waals surface area contributed by atoms with Crippen LogP contribution in [-0.4, -0.2) is 60.1 Å². The molecule has 1 fully saturated rings. The molecule has 1 heterocycles. The van der Waals surface area contributed by atoms with E-state index in [1.807, 2.05) is 30.3 Å². The molecule has 2 amide bonds. The molecule has 36 heavy (non-hydrogen) atoms. The second-order valence-corrected chi connectivity index (χ2v) is 9.33. The highest BCUT2D eigenvalue weighted by Gasteiger charge is 2.34. The van der Waals surface area contributed by atoms with Crippen LogP contribution in [0.2, 0.25) is 0 Å². The standard InChI is InChI=1S/C27H33N3O5S/c1-19(2)12-16-34-23-11-7-6-10-21(23)25(32)29-27(36)30-15-14-28-26(33)22(30)18-24(31)35-17-13-20-8-4-3-5-9-20/h3-11,19,22H,12-18H2,1-2H3,(H,28,33)(H,29,32,36). The van der Waals surface area contributed by atoms with E-state index in [-0.39, 0.29) is 24.0 Å². The minimum Gasteiger partial charge on any atom is -0.493 e. The highest BCUT2D eigenvalue weighted by Crippen LogP contribution is 2.19. The number of benzene rings is 2. The van der Waals surface area contributed by atoms with E-state index in [0.717, 1.165) is 12.0 Å². The van der Waals surface area contributed by atoms with Crippen LogP contribution < -0.4 is 15.4 Å². The zero-order valence-electron chi connectivity index (χ0n) is 20.7. The molecule has 2 aromatic carbocycles. The van der Waals surface area contributed by atoms with Gasteiger partial charge in [0.1, 0.15) is 11.8 Å². The van der Waals surface area contributed by atoms with Crippen molar-refractivity contribution in [2.24, 2.45) is 5.92 Å². The number of rotatable bonds is 10. The molecule has 0 spiro atoms. The zero-order valence-corrected chi connectivity index (χ0v) is 21.5. The lowest BCUT2D eigenvalue weighted by molar-refractivity contribution is -0.147. The summed E-state index contributed by atoms with van der Waals surface area (Å²) in [7, 11) is 0. The van der Waals surface area contributed by atoms with Gasteiger partial charge in [-0.1, -0.05) is 56.3 Å². The number of nitrogens with one attached hydrogen (secondary N) is 2. The Morgan fingerprint density at radius 1 is 1.11 bits per heavy atom. The first-order valence-electron chi connectivity index (χ1n) is 12.2. The van der Waals surface area contributed by atoms with E-state index in [1.165, 1.54) is 0 Å². The van der Waals surface area contributed by atoms with Crippen LogP contribution in [0.25, 0.3) is 0 Å². The van der Waals surface area contributed by atoms with Gasteiger partial charge >= 0.3 is 5.97 Å². The maximum Gasteiger partial charge on any atom is 0.308 e. The van der Waals surface area contributed by atoms with E-state index in [9.17, 15) is 14.4 Å². The molecule has 1 atom stereocenters. The maximum absolute atomic E-state index is 13.0. The van der Waals surface area contributed by atoms with E-state index < -0.39 is 17.9 Å². The van der Waals surface area contributed by atoms with Crippen molar-refractivity contribution in [3.8, 4) is 5.75 Å². The second kappa shape index (κ2) is 13.6. The van der Waals surface area contributed by atoms with Gasteiger partial charge in [-0.25, -0.2) is 0 Å². The Morgan fingerprint density at radius 2 is 1.83 bits per heavy atom. The highest BCUT2D eigenvalue weighted by atomic mass is 32.1. The van der Waals surface area contributed by atoms with Crippen LogP contribution in [0.3, 0.4) is 0 Å². The first-order chi connectivity index (χ1) is 17.3. The molecule has 0 aromatic heterocycles. The molecule has 1 aliphatic rings. The quantitative estimate of drug-likeness (QED) is 0.374. The molecule has 3 rings (SSSR count). The van der Waals surface area contributed by atoms with Crippen LogP contribution in [0, 0.1) is 5.92 Å². The summed E-state index contributed by atoms with van der Waals surface area (Å²) < 4.78 is 11.2. The third-order valence-electron chi connectivity index (χ3n) is 5.75. The average molecular weight is 512 g/mol. The fourth-order valence-electron chi connectivity index (χ4n) is 3.73. The number of thiocarbonyl (C=S) groups is 1. The zero-order chi connectivity index (χ0) is 25.9. The van der Waals surface area contributed by atoms with Gasteiger partial charge in [0, 0.05) is 19.5 Å². The Morgan fingerprint density at radius 3 is 2.58 bits per heavy atom. The molecule has 192 valence electrons. The largest absolute Gasteiger partial charge is 0.493 e. The van der Waals surface area contributed by atoms with Crippen LogP contribution in [0.5, 0.6) is 5.75 Å². The average Bonchev–Trinajstić information content (AvgIpc) is 2.86. The van der Waals surface area contributed by atoms with Gasteiger partial charge in [-0.3, -0.25) is 19.7 Å². The molecule has 1 unspecified atom stereocenters. The van der Waals surface area contributed by atoms with Gasteiger partial charge < -0.3 is 19.7 Å². The predicted molar refractivity (Wildman–Crippen MR) is 141 cm³/mol. The van der Waals surface area contributed by atoms with Crippen molar-refractivity contribution >= 4 is 35.1 Å². The number of hydrogen-bond acceptors (Lipinski definition) is 6. The van der Waals surface area contributed by atoms with Crippen molar-refractivity contribution in [1.29, 1.82) is 0 Å². The number of carbonyl (C=O) groups excluding carboxylic acids is 3. The molecule has 2 aromatic rings. The summed E-state index contributed by atoms with van der Waals surface area (Å²) in [6.07, 6.45) is 1.27. The third-order valence-corrected chi connectivity index (χ3v) is 6.09. The van der Waals surface area contributed by atoms with Gasteiger partial charge in [-0.05, 0) is 42.3 Å². The van der Waals surface area contributed by atoms with Crippen molar-refractivity contribution in [3.05, 3.63) is 65.7 Å². The first-order valence-corrected chi connectivity index (χ1v) is 12.6. The minimum absolute atomic E-state index is 0.0777. The van der Waals surface area contributed by atoms with Gasteiger partial charge in [-0.2, -0.15) is 0 Å². The van der Waals surface area contributed by atoms with Gasteiger partial charge in [0.25, 0.3) is 5.91 Å². The summed E-state index contributed by atoms with van der Waals surface area (Å²) in [6.45, 7) is 5.62. The van der Waals surface area contributed by atoms with Crippen LogP contribution in [0.1, 0.15) is 42.6 Å². The lowest BCUT2D eigenvalue weighted by Crippen LogP contribution is -2.60. The number of hydrogen-bond donors (Lipinski definition) is 2. The second-order valence-electron chi connectivity index (χ2n) is 8.95. The van der Waals surface area contributed by atoms with E-state index in [4.69, 9.17) is 21.7 Å². The van der Waals surface area contributed by atoms with Gasteiger partial charge in [-0.15, -0.1) is 0 Å². The Balaban J connectivity index is 1.58. The summed E-state index contributed by atoms with van der Waals surface area (Å²) in [5.41, 5.74) is 1.40. The summed E-state index contributed by atoms with van der Waals surface area (Å²) >= 11 is 5.47. The van der Waals surface area contributed by atoms with Crippen molar-refractivity contribution in [3.63, 3.8) is 0 Å². The number of carbonyl (C=O) groups is 3. The number of ether oxygens (including phenoxy) is 2. The maximum atomic E-state index is 13.0. The lowest BCUT2D eigenvalue weighted by Gasteiger charge is -2.36. The Labute approximate surface area is 217 Å². The van der Waals surface area contributed by atoms with E-state index in [1.54, 1.807) is 29.2 Å². The first kappa shape index (κ1) is 27.1. The summed E-state index contributed by atoms with van der Waals surface area (Å²) in [5, 5.41) is 5.53. The number of amides is 2. The van der Waals surface area contributed by atoms with E-state index >= 15 is 0 Å². The summed E-state index contributed by atoms with van der Waals surface area (Å²) in [4.78, 5) is 39.6. The normalized spacial score (nSPS) is 15.2. The van der Waals surface area contributed by atoms with Crippen LogP contribution >= 0.6 is 12.2 Å². The Kier molecular flexibility index (Phi) is 10.2. The molecular formula is C27H33N3O5S. The Hall–Kier alpha value is -3.46. The number of para-hydroxylation sites is 1. The van der Waals surface area contributed by atoms with Crippen molar-refractivity contribution in [2.75, 3.05) is 26.3 Å². The molecule has 0 radical (unpaired) electrons. The smallest absolute Gasteiger partial charge is 0.308 e. The number of piperazine rings is 1. The lowest BCUT2D eigenvalue weighted by atomic mass is 10.1. The van der Waals surface area contributed by atoms with Crippen molar-refractivity contribution < 1.29 is 23.9 Å². The summed E-state index contributed by atoms with van der Waals surface area (Å²) in [5.74, 6) is -0.333. The number of esters is 1. The number of nitrogens with zero attached hydrogens (tertiary/aromatic N) is 1. The van der Waals surface area contributed by atoms with Crippen LogP contribution in [0.4, 0.5) is 0 Å². The molecule has 0 bridgehead atoms. The molecule has 0 saturated carbocycles. The van der Waals surface area contributed by atoms with E-state index in [2.05, 4.69) is 24.5 Å². The van der Waals surface area contributed by atoms with Crippen molar-refractivity contribution in [2.45, 2.75) is 39.2 Å². The fraction of sp³-hybridized carbons (Fsp3) is 0.407. The topological polar surface area (TPSA) is 97.0 Å². The molecule has 9 heteroatoms. The monoisotopic (exact) mass is 511 g/mol. The van der Waals surface area contributed by atoms with Crippen LogP contribution in [0.15, 0.2) is 54.6 Å². The third kappa shape index (κ3) is 8.05. The minimum atomic E-state index is -0.867. The highest BCUT2D eigenvalue weighted by molar-refractivity contribution is 7.80. The molecule has 8 nitrogen and oxygen atoms in total. The van der Waals surface area contributed by atoms with Gasteiger partial charge in [0.05, 0.1) is 25.2 Å². The fourth-order valence-corrected chi connectivity index (χ4v) is 4.04. The van der Waals surface area contributed by atoms with Gasteiger partial charge in [0.15, 0.2) is 5.11 Å². The molecule has 1 saturated heterocycles.